The predicted molar refractivity (Wildman–Crippen MR) is 120 cm³/mol. The molecule has 4 atom stereocenters. The first-order chi connectivity index (χ1) is 15.0. The molecule has 4 amide bonds. The van der Waals surface area contributed by atoms with Crippen LogP contribution in [0.5, 0.6) is 0 Å². The van der Waals surface area contributed by atoms with Gasteiger partial charge in [0.15, 0.2) is 0 Å². The number of aliphatic carboxylic acids is 1. The second-order valence-electron chi connectivity index (χ2n) is 7.17. The van der Waals surface area contributed by atoms with Gasteiger partial charge in [-0.25, -0.2) is 4.79 Å². The second kappa shape index (κ2) is 13.3. The Hall–Kier alpha value is -3.12. The van der Waals surface area contributed by atoms with E-state index in [4.69, 9.17) is 11.5 Å². The summed E-state index contributed by atoms with van der Waals surface area (Å²) in [6.07, 6.45) is -0.00275. The van der Waals surface area contributed by atoms with Crippen LogP contribution in [0.2, 0.25) is 0 Å². The zero-order valence-corrected chi connectivity index (χ0v) is 18.5. The molecule has 1 aromatic carbocycles. The van der Waals surface area contributed by atoms with E-state index in [0.717, 1.165) is 5.56 Å². The number of nitrogens with one attached hydrogen (secondary N) is 3. The number of primary amides is 1. The topological polar surface area (TPSA) is 194 Å². The molecule has 32 heavy (non-hydrogen) atoms. The number of hydrogen-bond donors (Lipinski definition) is 7. The van der Waals surface area contributed by atoms with Crippen LogP contribution in [0.25, 0.3) is 0 Å². The Kier molecular flexibility index (Phi) is 11.2. The third-order valence-corrected chi connectivity index (χ3v) is 4.87. The maximum Gasteiger partial charge on any atom is 0.326 e. The summed E-state index contributed by atoms with van der Waals surface area (Å²) in [6.45, 7) is 1.38. The summed E-state index contributed by atoms with van der Waals surface area (Å²) in [4.78, 5) is 59.3. The zero-order valence-electron chi connectivity index (χ0n) is 17.6. The van der Waals surface area contributed by atoms with Crippen molar-refractivity contribution in [1.29, 1.82) is 0 Å². The molecule has 0 aliphatic carbocycles. The molecule has 0 fully saturated rings. The van der Waals surface area contributed by atoms with E-state index in [0.29, 0.717) is 0 Å². The lowest BCUT2D eigenvalue weighted by atomic mass is 10.1. The van der Waals surface area contributed by atoms with Crippen LogP contribution in [0, 0.1) is 0 Å². The molecule has 12 heteroatoms. The van der Waals surface area contributed by atoms with Gasteiger partial charge in [0.1, 0.15) is 18.1 Å². The van der Waals surface area contributed by atoms with Gasteiger partial charge < -0.3 is 32.5 Å². The van der Waals surface area contributed by atoms with E-state index >= 15 is 0 Å². The number of carbonyl (C=O) groups excluding carboxylic acids is 4. The van der Waals surface area contributed by atoms with Crippen LogP contribution in [0.4, 0.5) is 0 Å². The van der Waals surface area contributed by atoms with Gasteiger partial charge in [0.05, 0.1) is 6.04 Å². The number of amides is 4. The number of carboxylic acid groups (broad SMARTS) is 1. The number of nitrogens with two attached hydrogens (primary N) is 2. The predicted octanol–water partition coefficient (Wildman–Crippen LogP) is -1.69. The highest BCUT2D eigenvalue weighted by Gasteiger charge is 2.27. The fourth-order valence-electron chi connectivity index (χ4n) is 2.63. The summed E-state index contributed by atoms with van der Waals surface area (Å²) in [7, 11) is 0. The molecule has 0 aliphatic heterocycles. The highest BCUT2D eigenvalue weighted by molar-refractivity contribution is 7.80. The lowest BCUT2D eigenvalue weighted by molar-refractivity contribution is -0.142. The minimum atomic E-state index is -1.22. The van der Waals surface area contributed by atoms with E-state index < -0.39 is 53.8 Å². The first kappa shape index (κ1) is 26.9. The van der Waals surface area contributed by atoms with Crippen LogP contribution < -0.4 is 27.4 Å². The van der Waals surface area contributed by atoms with Crippen LogP contribution in [0.3, 0.4) is 0 Å². The minimum absolute atomic E-state index is 0.0128. The van der Waals surface area contributed by atoms with Crippen LogP contribution >= 0.6 is 12.6 Å². The molecule has 0 aliphatic rings. The van der Waals surface area contributed by atoms with Gasteiger partial charge in [0.25, 0.3) is 0 Å². The number of carbonyl (C=O) groups is 5. The van der Waals surface area contributed by atoms with Gasteiger partial charge in [-0.3, -0.25) is 19.2 Å². The molecular weight excluding hydrogens is 438 g/mol. The molecule has 0 radical (unpaired) electrons. The third kappa shape index (κ3) is 9.35. The van der Waals surface area contributed by atoms with Crippen molar-refractivity contribution < 1.29 is 29.1 Å². The van der Waals surface area contributed by atoms with E-state index in [-0.39, 0.29) is 25.0 Å². The van der Waals surface area contributed by atoms with Gasteiger partial charge >= 0.3 is 5.97 Å². The Morgan fingerprint density at radius 1 is 0.969 bits per heavy atom. The van der Waals surface area contributed by atoms with Crippen LogP contribution in [-0.4, -0.2) is 64.6 Å². The van der Waals surface area contributed by atoms with Crippen molar-refractivity contribution >= 4 is 42.2 Å². The standard InChI is InChI=1S/C20H29N5O6S/c1-11(17(27)24-14(20(30)31)9-12-5-3-2-4-6-12)23-19(29)15(10-32)25-18(28)13(21)7-8-16(22)26/h2-6,11,13-15,32H,7-10,21H2,1H3,(H2,22,26)(H,23,29)(H,24,27)(H,25,28)(H,30,31). The van der Waals surface area contributed by atoms with Crippen molar-refractivity contribution in [3.05, 3.63) is 35.9 Å². The molecular formula is C20H29N5O6S. The first-order valence-corrected chi connectivity index (χ1v) is 10.5. The number of carboxylic acids is 1. The average molecular weight is 468 g/mol. The molecule has 1 aromatic rings. The lowest BCUT2D eigenvalue weighted by Crippen LogP contribution is -2.57. The maximum atomic E-state index is 12.4. The number of benzene rings is 1. The Labute approximate surface area is 191 Å². The highest BCUT2D eigenvalue weighted by Crippen LogP contribution is 2.04. The number of thiol groups is 1. The second-order valence-corrected chi connectivity index (χ2v) is 7.54. The molecule has 176 valence electrons. The first-order valence-electron chi connectivity index (χ1n) is 9.87. The van der Waals surface area contributed by atoms with Gasteiger partial charge in [0, 0.05) is 18.6 Å². The highest BCUT2D eigenvalue weighted by atomic mass is 32.1. The van der Waals surface area contributed by atoms with E-state index in [2.05, 4.69) is 28.6 Å². The van der Waals surface area contributed by atoms with Gasteiger partial charge in [0.2, 0.25) is 23.6 Å². The SMILES string of the molecule is CC(NC(=O)C(CS)NC(=O)C(N)CCC(N)=O)C(=O)NC(Cc1ccccc1)C(=O)O. The molecule has 0 spiro atoms. The smallest absolute Gasteiger partial charge is 0.326 e. The monoisotopic (exact) mass is 467 g/mol. The molecule has 11 nitrogen and oxygen atoms in total. The van der Waals surface area contributed by atoms with Gasteiger partial charge in [-0.15, -0.1) is 0 Å². The fraction of sp³-hybridized carbons (Fsp3) is 0.450. The van der Waals surface area contributed by atoms with Crippen LogP contribution in [-0.2, 0) is 30.4 Å². The fourth-order valence-corrected chi connectivity index (χ4v) is 2.88. The Balaban J connectivity index is 2.64. The minimum Gasteiger partial charge on any atom is -0.480 e. The van der Waals surface area contributed by atoms with Crippen molar-refractivity contribution in [3.63, 3.8) is 0 Å². The molecule has 0 saturated carbocycles. The molecule has 4 unspecified atom stereocenters. The quantitative estimate of drug-likeness (QED) is 0.168. The van der Waals surface area contributed by atoms with Gasteiger partial charge in [-0.2, -0.15) is 12.6 Å². The number of rotatable bonds is 13. The summed E-state index contributed by atoms with van der Waals surface area (Å²) in [5.74, 6) is -3.99. The van der Waals surface area contributed by atoms with E-state index in [1.54, 1.807) is 30.3 Å². The summed E-state index contributed by atoms with van der Waals surface area (Å²) in [5, 5.41) is 16.6. The van der Waals surface area contributed by atoms with Crippen molar-refractivity contribution in [2.24, 2.45) is 11.5 Å². The van der Waals surface area contributed by atoms with Gasteiger partial charge in [-0.05, 0) is 18.9 Å². The van der Waals surface area contributed by atoms with E-state index in [9.17, 15) is 29.1 Å². The Bertz CT molecular complexity index is 822. The van der Waals surface area contributed by atoms with Crippen molar-refractivity contribution in [2.75, 3.05) is 5.75 Å². The molecule has 0 aromatic heterocycles. The lowest BCUT2D eigenvalue weighted by Gasteiger charge is -2.22. The third-order valence-electron chi connectivity index (χ3n) is 4.50. The van der Waals surface area contributed by atoms with Crippen LogP contribution in [0.15, 0.2) is 30.3 Å². The van der Waals surface area contributed by atoms with Crippen molar-refractivity contribution in [2.45, 2.75) is 50.4 Å². The summed E-state index contributed by atoms with van der Waals surface area (Å²) >= 11 is 4.03. The molecule has 0 heterocycles. The van der Waals surface area contributed by atoms with E-state index in [1.807, 2.05) is 0 Å². The summed E-state index contributed by atoms with van der Waals surface area (Å²) in [5.41, 5.74) is 11.4. The average Bonchev–Trinajstić information content (AvgIpc) is 2.75. The molecule has 0 bridgehead atoms. The Morgan fingerprint density at radius 2 is 1.56 bits per heavy atom. The molecule has 1 rings (SSSR count). The van der Waals surface area contributed by atoms with Crippen molar-refractivity contribution in [1.82, 2.24) is 16.0 Å². The van der Waals surface area contributed by atoms with Gasteiger partial charge in [-0.1, -0.05) is 30.3 Å². The largest absolute Gasteiger partial charge is 0.480 e. The summed E-state index contributed by atoms with van der Waals surface area (Å²) < 4.78 is 0. The Morgan fingerprint density at radius 3 is 2.09 bits per heavy atom. The zero-order chi connectivity index (χ0) is 24.3. The van der Waals surface area contributed by atoms with Crippen LogP contribution in [0.1, 0.15) is 25.3 Å². The number of hydrogen-bond acceptors (Lipinski definition) is 7. The summed E-state index contributed by atoms with van der Waals surface area (Å²) in [6, 6.07) is 4.36. The maximum absolute atomic E-state index is 12.4. The normalized spacial score (nSPS) is 14.3. The van der Waals surface area contributed by atoms with E-state index in [1.165, 1.54) is 6.92 Å². The molecule has 8 N–H and O–H groups in total. The van der Waals surface area contributed by atoms with Crippen molar-refractivity contribution in [3.8, 4) is 0 Å². The molecule has 0 saturated heterocycles.